The van der Waals surface area contributed by atoms with Crippen molar-refractivity contribution in [3.63, 3.8) is 0 Å². The Kier molecular flexibility index (Phi) is 4.80. The van der Waals surface area contributed by atoms with Gasteiger partial charge < -0.3 is 14.6 Å². The van der Waals surface area contributed by atoms with Crippen molar-refractivity contribution in [2.75, 3.05) is 26.3 Å². The molecule has 6 rings (SSSR count). The number of halogens is 1. The zero-order valence-corrected chi connectivity index (χ0v) is 18.3. The number of fused-ring (bicyclic) bond motifs is 1. The molecule has 0 bridgehead atoms. The highest BCUT2D eigenvalue weighted by Crippen LogP contribution is 2.38. The number of benzene rings is 2. The molecular weight excluding hydrogens is 437 g/mol. The van der Waals surface area contributed by atoms with E-state index in [9.17, 15) is 14.0 Å². The van der Waals surface area contributed by atoms with Crippen LogP contribution in [0.3, 0.4) is 0 Å². The van der Waals surface area contributed by atoms with Gasteiger partial charge in [-0.15, -0.1) is 5.10 Å². The van der Waals surface area contributed by atoms with Gasteiger partial charge in [0.1, 0.15) is 11.5 Å². The standard InChI is InChI=1S/C25H22FN5O3/c26-18-3-6-21-17(11-18)12-20(23(32)27-21)22-13-31(29-28-22)19-4-1-16(2-5-19)24(33)30-9-7-25(14-30)8-10-34-15-25/h1-6,11-13H,7-10,14-15H2,(H,27,32). The van der Waals surface area contributed by atoms with Gasteiger partial charge in [-0.2, -0.15) is 0 Å². The zero-order chi connectivity index (χ0) is 23.3. The largest absolute Gasteiger partial charge is 0.381 e. The number of ether oxygens (including phenoxy) is 1. The molecule has 1 atom stereocenters. The fraction of sp³-hybridized carbons (Fsp3) is 0.280. The summed E-state index contributed by atoms with van der Waals surface area (Å²) in [6.45, 7) is 3.00. The van der Waals surface area contributed by atoms with Gasteiger partial charge in [0.25, 0.3) is 11.5 Å². The zero-order valence-electron chi connectivity index (χ0n) is 18.3. The Labute approximate surface area is 194 Å². The number of nitrogens with one attached hydrogen (secondary N) is 1. The molecule has 2 aliphatic rings. The molecule has 1 N–H and O–H groups in total. The van der Waals surface area contributed by atoms with E-state index in [1.807, 2.05) is 4.90 Å². The first kappa shape index (κ1) is 20.7. The lowest BCUT2D eigenvalue weighted by molar-refractivity contribution is 0.0765. The maximum atomic E-state index is 13.6. The number of nitrogens with zero attached hydrogens (tertiary/aromatic N) is 4. The van der Waals surface area contributed by atoms with Crippen molar-refractivity contribution in [3.05, 3.63) is 76.5 Å². The molecule has 0 aliphatic carbocycles. The molecule has 2 aromatic heterocycles. The molecule has 4 aromatic rings. The van der Waals surface area contributed by atoms with Crippen molar-refractivity contribution < 1.29 is 13.9 Å². The number of pyridine rings is 1. The van der Waals surface area contributed by atoms with E-state index < -0.39 is 0 Å². The summed E-state index contributed by atoms with van der Waals surface area (Å²) >= 11 is 0. The molecule has 2 saturated heterocycles. The van der Waals surface area contributed by atoms with Crippen molar-refractivity contribution in [1.29, 1.82) is 0 Å². The van der Waals surface area contributed by atoms with Crippen molar-refractivity contribution in [1.82, 2.24) is 24.9 Å². The van der Waals surface area contributed by atoms with Gasteiger partial charge in [0.05, 0.1) is 24.1 Å². The second-order valence-corrected chi connectivity index (χ2v) is 9.12. The number of likely N-dealkylation sites (tertiary alicyclic amines) is 1. The summed E-state index contributed by atoms with van der Waals surface area (Å²) in [6, 6.07) is 12.9. The van der Waals surface area contributed by atoms with Gasteiger partial charge >= 0.3 is 0 Å². The summed E-state index contributed by atoms with van der Waals surface area (Å²) in [5, 5.41) is 8.83. The Morgan fingerprint density at radius 1 is 1.12 bits per heavy atom. The third-order valence-electron chi connectivity index (χ3n) is 6.86. The minimum Gasteiger partial charge on any atom is -0.381 e. The van der Waals surface area contributed by atoms with Crippen LogP contribution in [0.25, 0.3) is 27.8 Å². The van der Waals surface area contributed by atoms with Gasteiger partial charge in [-0.05, 0) is 61.4 Å². The summed E-state index contributed by atoms with van der Waals surface area (Å²) in [5.41, 5.74) is 2.34. The van der Waals surface area contributed by atoms with Gasteiger partial charge in [0.15, 0.2) is 0 Å². The summed E-state index contributed by atoms with van der Waals surface area (Å²) in [6.07, 6.45) is 3.63. The first-order valence-corrected chi connectivity index (χ1v) is 11.2. The minimum atomic E-state index is -0.385. The highest BCUT2D eigenvalue weighted by atomic mass is 19.1. The van der Waals surface area contributed by atoms with Crippen molar-refractivity contribution >= 4 is 16.8 Å². The third kappa shape index (κ3) is 3.58. The number of H-pyrrole nitrogens is 1. The number of rotatable bonds is 3. The van der Waals surface area contributed by atoms with E-state index in [0.717, 1.165) is 39.1 Å². The number of hydrogen-bond donors (Lipinski definition) is 1. The Morgan fingerprint density at radius 2 is 1.97 bits per heavy atom. The minimum absolute atomic E-state index is 0.0181. The second kappa shape index (κ2) is 7.88. The Bertz CT molecular complexity index is 1450. The summed E-state index contributed by atoms with van der Waals surface area (Å²) in [7, 11) is 0. The van der Waals surface area contributed by atoms with Crippen LogP contribution in [0, 0.1) is 11.2 Å². The number of carbonyl (C=O) groups excluding carboxylic acids is 1. The van der Waals surface area contributed by atoms with Crippen LogP contribution in [0.15, 0.2) is 59.5 Å². The van der Waals surface area contributed by atoms with Crippen LogP contribution in [0.5, 0.6) is 0 Å². The van der Waals surface area contributed by atoms with Gasteiger partial charge in [-0.3, -0.25) is 9.59 Å². The van der Waals surface area contributed by atoms with Crippen LogP contribution >= 0.6 is 0 Å². The predicted molar refractivity (Wildman–Crippen MR) is 123 cm³/mol. The van der Waals surface area contributed by atoms with Crippen molar-refractivity contribution in [2.45, 2.75) is 12.8 Å². The van der Waals surface area contributed by atoms with Gasteiger partial charge in [0, 0.05) is 41.6 Å². The molecule has 9 heteroatoms. The fourth-order valence-electron chi connectivity index (χ4n) is 4.90. The van der Waals surface area contributed by atoms with Gasteiger partial charge in [-0.1, -0.05) is 5.21 Å². The van der Waals surface area contributed by atoms with E-state index in [4.69, 9.17) is 4.74 Å². The van der Waals surface area contributed by atoms with E-state index in [1.165, 1.54) is 18.2 Å². The normalized spacial score (nSPS) is 20.0. The Morgan fingerprint density at radius 3 is 2.76 bits per heavy atom. The van der Waals surface area contributed by atoms with E-state index in [0.29, 0.717) is 33.4 Å². The van der Waals surface area contributed by atoms with E-state index >= 15 is 0 Å². The molecule has 34 heavy (non-hydrogen) atoms. The molecule has 2 aromatic carbocycles. The van der Waals surface area contributed by atoms with Crippen molar-refractivity contribution in [2.24, 2.45) is 5.41 Å². The van der Waals surface area contributed by atoms with Crippen LogP contribution in [0.1, 0.15) is 23.2 Å². The van der Waals surface area contributed by atoms with Crippen LogP contribution < -0.4 is 5.56 Å². The molecule has 4 heterocycles. The lowest BCUT2D eigenvalue weighted by Crippen LogP contribution is -2.32. The molecule has 0 radical (unpaired) electrons. The molecule has 1 amide bonds. The smallest absolute Gasteiger partial charge is 0.258 e. The quantitative estimate of drug-likeness (QED) is 0.508. The monoisotopic (exact) mass is 459 g/mol. The highest BCUT2D eigenvalue weighted by Gasteiger charge is 2.42. The summed E-state index contributed by atoms with van der Waals surface area (Å²) in [4.78, 5) is 30.2. The molecule has 2 fully saturated rings. The number of aromatic nitrogens is 4. The average Bonchev–Trinajstić information content (AvgIpc) is 3.61. The first-order chi connectivity index (χ1) is 16.5. The number of amides is 1. The van der Waals surface area contributed by atoms with E-state index in [1.54, 1.807) is 41.2 Å². The predicted octanol–water partition coefficient (Wildman–Crippen LogP) is 3.17. The topological polar surface area (TPSA) is 93.1 Å². The number of hydrogen-bond acceptors (Lipinski definition) is 5. The molecule has 172 valence electrons. The molecule has 1 spiro atoms. The van der Waals surface area contributed by atoms with Crippen LogP contribution in [-0.4, -0.2) is 57.1 Å². The number of carbonyl (C=O) groups is 1. The second-order valence-electron chi connectivity index (χ2n) is 9.12. The van der Waals surface area contributed by atoms with E-state index in [2.05, 4.69) is 15.3 Å². The number of aromatic amines is 1. The summed E-state index contributed by atoms with van der Waals surface area (Å²) < 4.78 is 20.7. The molecule has 0 saturated carbocycles. The van der Waals surface area contributed by atoms with Gasteiger partial charge in [-0.25, -0.2) is 9.07 Å². The first-order valence-electron chi connectivity index (χ1n) is 11.2. The third-order valence-corrected chi connectivity index (χ3v) is 6.86. The van der Waals surface area contributed by atoms with Crippen LogP contribution in [0.2, 0.25) is 0 Å². The van der Waals surface area contributed by atoms with E-state index in [-0.39, 0.29) is 22.7 Å². The maximum Gasteiger partial charge on any atom is 0.258 e. The fourth-order valence-corrected chi connectivity index (χ4v) is 4.90. The summed E-state index contributed by atoms with van der Waals surface area (Å²) in [5.74, 6) is -0.367. The lowest BCUT2D eigenvalue weighted by atomic mass is 9.87. The Balaban J connectivity index is 1.23. The molecule has 8 nitrogen and oxygen atoms in total. The molecular formula is C25H22FN5O3. The van der Waals surface area contributed by atoms with Gasteiger partial charge in [0.2, 0.25) is 0 Å². The van der Waals surface area contributed by atoms with Crippen molar-refractivity contribution in [3.8, 4) is 16.9 Å². The highest BCUT2D eigenvalue weighted by molar-refractivity contribution is 5.94. The SMILES string of the molecule is O=C(c1ccc(-n2cc(-c3cc4cc(F)ccc4[nH]c3=O)nn2)cc1)N1CCC2(CCOC2)C1. The van der Waals surface area contributed by atoms with Crippen LogP contribution in [-0.2, 0) is 4.74 Å². The van der Waals surface area contributed by atoms with Crippen LogP contribution in [0.4, 0.5) is 4.39 Å². The molecule has 1 unspecified atom stereocenters. The Hall–Kier alpha value is -3.85. The average molecular weight is 459 g/mol. The molecule has 2 aliphatic heterocycles. The maximum absolute atomic E-state index is 13.6. The lowest BCUT2D eigenvalue weighted by Gasteiger charge is -2.22.